The maximum absolute atomic E-state index is 17.7. The first-order valence-corrected chi connectivity index (χ1v) is 18.1. The van der Waals surface area contributed by atoms with Crippen LogP contribution in [0.2, 0.25) is 0 Å². The number of carboxylic acids is 1. The summed E-state index contributed by atoms with van der Waals surface area (Å²) in [5.74, 6) is -2.98. The molecule has 2 aromatic rings. The number of likely N-dealkylation sites (tertiary alicyclic amines) is 3. The monoisotopic (exact) mass is 716 g/mol. The topological polar surface area (TPSA) is 93.6 Å². The highest BCUT2D eigenvalue weighted by atomic mass is 19.4. The fourth-order valence-electron chi connectivity index (χ4n) is 8.77. The average Bonchev–Trinajstić information content (AvgIpc) is 3.84. The summed E-state index contributed by atoms with van der Waals surface area (Å²) in [6.07, 6.45) is -1.50. The first-order valence-electron chi connectivity index (χ1n) is 18.1. The molecule has 278 valence electrons. The van der Waals surface area contributed by atoms with E-state index in [0.717, 1.165) is 25.0 Å². The van der Waals surface area contributed by atoms with Crippen LogP contribution in [0, 0.1) is 11.8 Å². The number of amides is 2. The zero-order valence-corrected chi connectivity index (χ0v) is 29.5. The van der Waals surface area contributed by atoms with Crippen LogP contribution in [0.4, 0.5) is 23.2 Å². The van der Waals surface area contributed by atoms with Gasteiger partial charge in [-0.15, -0.1) is 0 Å². The van der Waals surface area contributed by atoms with Crippen molar-refractivity contribution in [3.05, 3.63) is 59.2 Å². The van der Waals surface area contributed by atoms with Crippen LogP contribution in [0.5, 0.6) is 5.75 Å². The van der Waals surface area contributed by atoms with Gasteiger partial charge in [0.1, 0.15) is 5.75 Å². The molecule has 0 aromatic heterocycles. The average molecular weight is 717 g/mol. The third-order valence-electron chi connectivity index (χ3n) is 11.7. The number of carbonyl (C=O) groups excluding carboxylic acids is 2. The minimum absolute atomic E-state index is 0.00361. The van der Waals surface area contributed by atoms with Crippen molar-refractivity contribution < 1.29 is 41.8 Å². The normalized spacial score (nSPS) is 27.7. The Kier molecular flexibility index (Phi) is 10.6. The van der Waals surface area contributed by atoms with Crippen LogP contribution in [0.15, 0.2) is 42.5 Å². The summed E-state index contributed by atoms with van der Waals surface area (Å²) in [5.41, 5.74) is -1.49. The Morgan fingerprint density at radius 3 is 2.27 bits per heavy atom. The summed E-state index contributed by atoms with van der Waals surface area (Å²) in [4.78, 5) is 46.3. The summed E-state index contributed by atoms with van der Waals surface area (Å²) in [7, 11) is 1.54. The van der Waals surface area contributed by atoms with Crippen LogP contribution in [0.1, 0.15) is 74.5 Å². The van der Waals surface area contributed by atoms with Crippen molar-refractivity contribution in [1.82, 2.24) is 14.7 Å². The zero-order chi connectivity index (χ0) is 36.7. The number of aliphatic carboxylic acids is 1. The van der Waals surface area contributed by atoms with E-state index in [1.165, 1.54) is 18.1 Å². The number of anilines is 1. The number of benzene rings is 2. The molecule has 9 nitrogen and oxygen atoms in total. The van der Waals surface area contributed by atoms with Gasteiger partial charge in [0.2, 0.25) is 11.6 Å². The number of alkyl halides is 4. The van der Waals surface area contributed by atoms with E-state index in [-0.39, 0.29) is 56.5 Å². The van der Waals surface area contributed by atoms with Crippen molar-refractivity contribution in [3.63, 3.8) is 0 Å². The fraction of sp³-hybridized carbons (Fsp3) is 0.605. The lowest BCUT2D eigenvalue weighted by Crippen LogP contribution is -2.50. The summed E-state index contributed by atoms with van der Waals surface area (Å²) in [5, 5.41) is 9.50. The zero-order valence-electron chi connectivity index (χ0n) is 29.5. The van der Waals surface area contributed by atoms with Crippen LogP contribution < -0.4 is 9.64 Å². The number of hydrogen-bond acceptors (Lipinski definition) is 6. The van der Waals surface area contributed by atoms with E-state index in [0.29, 0.717) is 61.5 Å². The third-order valence-corrected chi connectivity index (χ3v) is 11.7. The standard InChI is InChI=1S/C38H48F4N4O5/c1-4-25-19-45(20-31(25)30-12-9-28(38(40,41)42)18-33(30)44-16-13-27(14-17-44)35(48)49)36(50)37(39)23-43(22-34(47)46-15-5-6-24(46)2)21-32(37)26-7-10-29(51-3)11-8-26/h7-12,18,24-25,27,31-32H,4-6,13-17,19-23H2,1-3H3,(H,48,49)/t24-,25-,31-,32-,37-/m0/s1. The van der Waals surface area contributed by atoms with Gasteiger partial charge in [0.15, 0.2) is 0 Å². The van der Waals surface area contributed by atoms with E-state index in [4.69, 9.17) is 4.74 Å². The summed E-state index contributed by atoms with van der Waals surface area (Å²) >= 11 is 0. The molecule has 2 amide bonds. The van der Waals surface area contributed by atoms with Gasteiger partial charge in [0, 0.05) is 69.4 Å². The highest BCUT2D eigenvalue weighted by molar-refractivity contribution is 5.88. The molecule has 13 heteroatoms. The minimum Gasteiger partial charge on any atom is -0.497 e. The maximum Gasteiger partial charge on any atom is 0.416 e. The molecule has 51 heavy (non-hydrogen) atoms. The van der Waals surface area contributed by atoms with Gasteiger partial charge < -0.3 is 24.5 Å². The van der Waals surface area contributed by atoms with E-state index >= 15 is 4.39 Å². The summed E-state index contributed by atoms with van der Waals surface area (Å²) < 4.78 is 64.8. The summed E-state index contributed by atoms with van der Waals surface area (Å²) in [6.45, 7) is 5.51. The number of carbonyl (C=O) groups is 3. The highest BCUT2D eigenvalue weighted by Crippen LogP contribution is 2.46. The van der Waals surface area contributed by atoms with Gasteiger partial charge in [-0.25, -0.2) is 4.39 Å². The quantitative estimate of drug-likeness (QED) is 0.329. The van der Waals surface area contributed by atoms with E-state index in [1.54, 1.807) is 29.2 Å². The van der Waals surface area contributed by atoms with Crippen molar-refractivity contribution in [2.45, 2.75) is 75.7 Å². The molecular formula is C38H48F4N4O5. The Hall–Kier alpha value is -3.87. The fourth-order valence-corrected chi connectivity index (χ4v) is 8.77. The van der Waals surface area contributed by atoms with E-state index in [2.05, 4.69) is 0 Å². The molecule has 0 unspecified atom stereocenters. The molecule has 4 fully saturated rings. The van der Waals surface area contributed by atoms with Gasteiger partial charge in [-0.05, 0) is 73.9 Å². The van der Waals surface area contributed by atoms with Gasteiger partial charge in [-0.3, -0.25) is 19.3 Å². The number of piperidine rings is 1. The van der Waals surface area contributed by atoms with Crippen molar-refractivity contribution in [2.24, 2.45) is 11.8 Å². The first kappa shape index (κ1) is 36.9. The first-order chi connectivity index (χ1) is 24.2. The smallest absolute Gasteiger partial charge is 0.416 e. The number of rotatable bonds is 9. The lowest BCUT2D eigenvalue weighted by molar-refractivity contribution is -0.144. The van der Waals surface area contributed by atoms with Crippen LogP contribution in [0.25, 0.3) is 0 Å². The third kappa shape index (κ3) is 7.41. The molecule has 0 spiro atoms. The second-order valence-corrected chi connectivity index (χ2v) is 14.8. The van der Waals surface area contributed by atoms with Crippen molar-refractivity contribution in [1.29, 1.82) is 0 Å². The molecule has 0 radical (unpaired) electrons. The molecular weight excluding hydrogens is 668 g/mol. The van der Waals surface area contributed by atoms with Gasteiger partial charge in [0.05, 0.1) is 25.1 Å². The Morgan fingerprint density at radius 2 is 1.69 bits per heavy atom. The molecule has 4 heterocycles. The van der Waals surface area contributed by atoms with E-state index in [9.17, 15) is 32.7 Å². The Bertz CT molecular complexity index is 1600. The maximum atomic E-state index is 17.7. The lowest BCUT2D eigenvalue weighted by atomic mass is 9.84. The second-order valence-electron chi connectivity index (χ2n) is 14.8. The number of hydrogen-bond donors (Lipinski definition) is 1. The van der Waals surface area contributed by atoms with Crippen LogP contribution in [0.3, 0.4) is 0 Å². The van der Waals surface area contributed by atoms with Crippen molar-refractivity contribution in [3.8, 4) is 5.75 Å². The van der Waals surface area contributed by atoms with Crippen molar-refractivity contribution in [2.75, 3.05) is 64.4 Å². The molecule has 0 saturated carbocycles. The van der Waals surface area contributed by atoms with E-state index < -0.39 is 41.1 Å². The van der Waals surface area contributed by atoms with Crippen molar-refractivity contribution >= 4 is 23.5 Å². The minimum atomic E-state index is -4.58. The van der Waals surface area contributed by atoms with Crippen LogP contribution in [-0.4, -0.2) is 109 Å². The Labute approximate surface area is 296 Å². The Morgan fingerprint density at radius 1 is 0.980 bits per heavy atom. The SMILES string of the molecule is CC[C@H]1CN(C(=O)[C@]2(F)CN(CC(=O)N3CCC[C@@H]3C)C[C@H]2c2ccc(OC)cc2)C[C@@H]1c1ccc(C(F)(F)F)cc1N1CCC(C(=O)O)CC1. The highest BCUT2D eigenvalue weighted by Gasteiger charge is 2.57. The van der Waals surface area contributed by atoms with Crippen LogP contribution in [-0.2, 0) is 20.6 Å². The number of halogens is 4. The predicted octanol–water partition coefficient (Wildman–Crippen LogP) is 5.79. The lowest BCUT2D eigenvalue weighted by Gasteiger charge is -2.35. The molecule has 4 aliphatic heterocycles. The molecule has 4 saturated heterocycles. The number of nitrogens with zero attached hydrogens (tertiary/aromatic N) is 4. The summed E-state index contributed by atoms with van der Waals surface area (Å²) in [6, 6.07) is 10.7. The number of ether oxygens (including phenoxy) is 1. The molecule has 5 atom stereocenters. The van der Waals surface area contributed by atoms with Gasteiger partial charge in [-0.1, -0.05) is 31.5 Å². The van der Waals surface area contributed by atoms with Gasteiger partial charge >= 0.3 is 12.1 Å². The number of methoxy groups -OCH3 is 1. The predicted molar refractivity (Wildman–Crippen MR) is 184 cm³/mol. The second kappa shape index (κ2) is 14.6. The molecule has 6 rings (SSSR count). The van der Waals surface area contributed by atoms with E-state index in [1.807, 2.05) is 23.6 Å². The molecule has 0 bridgehead atoms. The van der Waals surface area contributed by atoms with Crippen LogP contribution >= 0.6 is 0 Å². The largest absolute Gasteiger partial charge is 0.497 e. The van der Waals surface area contributed by atoms with Gasteiger partial charge in [-0.2, -0.15) is 13.2 Å². The number of carboxylic acid groups (broad SMARTS) is 1. The molecule has 4 aliphatic rings. The molecule has 2 aromatic carbocycles. The molecule has 1 N–H and O–H groups in total. The molecule has 0 aliphatic carbocycles. The van der Waals surface area contributed by atoms with Gasteiger partial charge in [0.25, 0.3) is 5.91 Å². The Balaban J connectivity index is 1.28.